The lowest BCUT2D eigenvalue weighted by Gasteiger charge is -2.24. The highest BCUT2D eigenvalue weighted by atomic mass is 15.2. The Labute approximate surface area is 56.4 Å². The molecule has 1 atom stereocenters. The summed E-state index contributed by atoms with van der Waals surface area (Å²) >= 11 is 0. The van der Waals surface area contributed by atoms with Gasteiger partial charge in [0.1, 0.15) is 0 Å². The fourth-order valence-electron chi connectivity index (χ4n) is 1.77. The molecule has 0 saturated carbocycles. The van der Waals surface area contributed by atoms with Crippen LogP contribution < -0.4 is 0 Å². The maximum absolute atomic E-state index is 3.29. The topological polar surface area (TPSA) is 3.24 Å². The van der Waals surface area contributed by atoms with Crippen LogP contribution in [-0.2, 0) is 0 Å². The minimum atomic E-state index is 0.856. The van der Waals surface area contributed by atoms with Crippen molar-refractivity contribution < 1.29 is 0 Å². The molecule has 1 radical (unpaired) electrons. The van der Waals surface area contributed by atoms with Gasteiger partial charge >= 0.3 is 0 Å². The fraction of sp³-hybridized carbons (Fsp3) is 0.750. The minimum Gasteiger partial charge on any atom is -0.296 e. The first-order valence-corrected chi connectivity index (χ1v) is 3.76. The van der Waals surface area contributed by atoms with Gasteiger partial charge < -0.3 is 0 Å². The third kappa shape index (κ3) is 0.897. The predicted molar refractivity (Wildman–Crippen MR) is 37.0 cm³/mol. The van der Waals surface area contributed by atoms with E-state index in [1.165, 1.54) is 25.8 Å². The van der Waals surface area contributed by atoms with Gasteiger partial charge in [0.2, 0.25) is 0 Å². The van der Waals surface area contributed by atoms with Crippen molar-refractivity contribution in [2.24, 2.45) is 0 Å². The first-order chi connectivity index (χ1) is 4.47. The van der Waals surface area contributed by atoms with Crippen LogP contribution in [0.2, 0.25) is 0 Å². The van der Waals surface area contributed by atoms with Gasteiger partial charge in [-0.05, 0) is 31.9 Å². The summed E-state index contributed by atoms with van der Waals surface area (Å²) in [6, 6.07) is 0.856. The molecule has 0 aliphatic carbocycles. The van der Waals surface area contributed by atoms with Crippen molar-refractivity contribution >= 4 is 0 Å². The molecule has 0 aromatic carbocycles. The monoisotopic (exact) mass is 122 g/mol. The van der Waals surface area contributed by atoms with Gasteiger partial charge in [-0.3, -0.25) is 4.90 Å². The highest BCUT2D eigenvalue weighted by Crippen LogP contribution is 2.22. The highest BCUT2D eigenvalue weighted by molar-refractivity contribution is 4.93. The molecule has 2 aliphatic heterocycles. The molecule has 1 fully saturated rings. The van der Waals surface area contributed by atoms with Crippen molar-refractivity contribution in [2.45, 2.75) is 25.3 Å². The average molecular weight is 122 g/mol. The molecular formula is C8H12N. The molecule has 9 heavy (non-hydrogen) atoms. The number of hydrogen-bond donors (Lipinski definition) is 0. The maximum Gasteiger partial charge on any atom is 0.0172 e. The SMILES string of the molecule is [C]1=CCN2CCCC2C1. The van der Waals surface area contributed by atoms with Crippen LogP contribution in [-0.4, -0.2) is 24.0 Å². The zero-order valence-electron chi connectivity index (χ0n) is 5.64. The molecule has 49 valence electrons. The van der Waals surface area contributed by atoms with E-state index in [9.17, 15) is 0 Å². The van der Waals surface area contributed by atoms with Gasteiger partial charge in [-0.15, -0.1) is 0 Å². The second-order valence-corrected chi connectivity index (χ2v) is 2.90. The van der Waals surface area contributed by atoms with Gasteiger partial charge in [-0.25, -0.2) is 0 Å². The Bertz CT molecular complexity index is 115. The molecule has 0 aromatic rings. The normalized spacial score (nSPS) is 34.9. The van der Waals surface area contributed by atoms with Crippen LogP contribution in [0.15, 0.2) is 6.08 Å². The van der Waals surface area contributed by atoms with Crippen LogP contribution in [0.25, 0.3) is 0 Å². The van der Waals surface area contributed by atoms with E-state index < -0.39 is 0 Å². The van der Waals surface area contributed by atoms with Crippen molar-refractivity contribution in [3.05, 3.63) is 12.2 Å². The molecule has 2 heterocycles. The average Bonchev–Trinajstić information content (AvgIpc) is 2.33. The number of hydrogen-bond acceptors (Lipinski definition) is 1. The molecule has 0 amide bonds. The zero-order valence-corrected chi connectivity index (χ0v) is 5.64. The van der Waals surface area contributed by atoms with Crippen LogP contribution in [0.4, 0.5) is 0 Å². The second kappa shape index (κ2) is 2.14. The molecule has 0 N–H and O–H groups in total. The lowest BCUT2D eigenvalue weighted by molar-refractivity contribution is 0.268. The summed E-state index contributed by atoms with van der Waals surface area (Å²) in [6.45, 7) is 2.48. The molecule has 1 heteroatoms. The molecule has 0 bridgehead atoms. The van der Waals surface area contributed by atoms with Crippen molar-refractivity contribution in [3.8, 4) is 0 Å². The van der Waals surface area contributed by atoms with E-state index in [-0.39, 0.29) is 0 Å². The summed E-state index contributed by atoms with van der Waals surface area (Å²) in [5.74, 6) is 0. The van der Waals surface area contributed by atoms with Gasteiger partial charge in [0, 0.05) is 12.6 Å². The Balaban J connectivity index is 2.07. The summed E-state index contributed by atoms with van der Waals surface area (Å²) in [7, 11) is 0. The molecule has 0 aromatic heterocycles. The Hall–Kier alpha value is -0.300. The lowest BCUT2D eigenvalue weighted by atomic mass is 10.1. The van der Waals surface area contributed by atoms with Crippen LogP contribution >= 0.6 is 0 Å². The van der Waals surface area contributed by atoms with Crippen molar-refractivity contribution in [1.29, 1.82) is 0 Å². The van der Waals surface area contributed by atoms with Crippen LogP contribution in [0, 0.1) is 6.08 Å². The van der Waals surface area contributed by atoms with Crippen LogP contribution in [0.3, 0.4) is 0 Å². The lowest BCUT2D eigenvalue weighted by Crippen LogP contribution is -2.31. The predicted octanol–water partition coefficient (Wildman–Crippen LogP) is 1.21. The molecular weight excluding hydrogens is 110 g/mol. The zero-order chi connectivity index (χ0) is 6.10. The number of rotatable bonds is 0. The Kier molecular flexibility index (Phi) is 1.31. The van der Waals surface area contributed by atoms with Crippen molar-refractivity contribution in [2.75, 3.05) is 13.1 Å². The Morgan fingerprint density at radius 2 is 2.56 bits per heavy atom. The largest absolute Gasteiger partial charge is 0.296 e. The van der Waals surface area contributed by atoms with Crippen LogP contribution in [0.1, 0.15) is 19.3 Å². The molecule has 1 nitrogen and oxygen atoms in total. The minimum absolute atomic E-state index is 0.856. The third-order valence-electron chi connectivity index (χ3n) is 2.32. The molecule has 2 aliphatic rings. The highest BCUT2D eigenvalue weighted by Gasteiger charge is 2.23. The smallest absolute Gasteiger partial charge is 0.0172 e. The molecule has 0 spiro atoms. The van der Waals surface area contributed by atoms with Crippen LogP contribution in [0.5, 0.6) is 0 Å². The fourth-order valence-corrected chi connectivity index (χ4v) is 1.77. The number of fused-ring (bicyclic) bond motifs is 1. The summed E-state index contributed by atoms with van der Waals surface area (Å²) in [4.78, 5) is 2.55. The summed E-state index contributed by atoms with van der Waals surface area (Å²) in [5, 5.41) is 0. The second-order valence-electron chi connectivity index (χ2n) is 2.90. The van der Waals surface area contributed by atoms with Gasteiger partial charge in [0.25, 0.3) is 0 Å². The number of nitrogens with zero attached hydrogens (tertiary/aromatic N) is 1. The summed E-state index contributed by atoms with van der Waals surface area (Å²) in [5.41, 5.74) is 0. The molecule has 2 rings (SSSR count). The maximum atomic E-state index is 3.29. The van der Waals surface area contributed by atoms with E-state index in [1.807, 2.05) is 0 Å². The van der Waals surface area contributed by atoms with Gasteiger partial charge in [-0.1, -0.05) is 6.08 Å². The van der Waals surface area contributed by atoms with E-state index in [4.69, 9.17) is 0 Å². The van der Waals surface area contributed by atoms with Gasteiger partial charge in [-0.2, -0.15) is 0 Å². The van der Waals surface area contributed by atoms with E-state index in [2.05, 4.69) is 17.1 Å². The Morgan fingerprint density at radius 1 is 1.56 bits per heavy atom. The quantitative estimate of drug-likeness (QED) is 0.467. The van der Waals surface area contributed by atoms with E-state index in [0.29, 0.717) is 0 Å². The van der Waals surface area contributed by atoms with Gasteiger partial charge in [0.05, 0.1) is 0 Å². The van der Waals surface area contributed by atoms with Gasteiger partial charge in [0.15, 0.2) is 0 Å². The third-order valence-corrected chi connectivity index (χ3v) is 2.32. The molecule has 1 unspecified atom stereocenters. The first-order valence-electron chi connectivity index (χ1n) is 3.76. The summed E-state index contributed by atoms with van der Waals surface area (Å²) in [6.07, 6.45) is 9.45. The summed E-state index contributed by atoms with van der Waals surface area (Å²) < 4.78 is 0. The molecule has 1 saturated heterocycles. The van der Waals surface area contributed by atoms with Crippen molar-refractivity contribution in [3.63, 3.8) is 0 Å². The standard InChI is InChI=1S/C8H12N/c1-2-6-9-7-3-5-8(9)4-1/h2,8H,3-7H2. The van der Waals surface area contributed by atoms with E-state index in [0.717, 1.165) is 12.6 Å². The van der Waals surface area contributed by atoms with E-state index in [1.54, 1.807) is 0 Å². The first kappa shape index (κ1) is 5.48. The Morgan fingerprint density at radius 3 is 3.44 bits per heavy atom. The van der Waals surface area contributed by atoms with Crippen molar-refractivity contribution in [1.82, 2.24) is 4.90 Å². The van der Waals surface area contributed by atoms with E-state index >= 15 is 0 Å².